The number of nitrogens with zero attached hydrogens (tertiary/aromatic N) is 2. The fraction of sp³-hybridized carbons (Fsp3) is 0.273. The minimum atomic E-state index is 0.307. The number of rotatable bonds is 8. The number of aromatic nitrogens is 2. The van der Waals surface area contributed by atoms with E-state index in [0.29, 0.717) is 45.5 Å². The number of methoxy groups -OCH3 is 1. The Kier molecular flexibility index (Phi) is 5.88. The third-order valence-corrected chi connectivity index (χ3v) is 5.48. The van der Waals surface area contributed by atoms with Crippen LogP contribution in [0.15, 0.2) is 36.4 Å². The molecule has 1 fully saturated rings. The van der Waals surface area contributed by atoms with E-state index < -0.39 is 0 Å². The third-order valence-electron chi connectivity index (χ3n) is 4.89. The number of ether oxygens (including phenoxy) is 3. The standard InChI is InChI=1S/C22H20Cl2N2O4/c1-26-22(16(11-27)21(25-26)14-5-6-14)30-20-10-19(17(23)9-18(20)24)29-12-13-3-7-15(28-2)8-4-13/h3-4,7-11,14H,5-6,12H2,1-2H3. The molecule has 1 aromatic heterocycles. The van der Waals surface area contributed by atoms with E-state index in [4.69, 9.17) is 37.4 Å². The van der Waals surface area contributed by atoms with Crippen molar-refractivity contribution in [3.05, 3.63) is 63.3 Å². The average molecular weight is 447 g/mol. The Balaban J connectivity index is 1.56. The lowest BCUT2D eigenvalue weighted by atomic mass is 10.2. The minimum absolute atomic E-state index is 0.307. The van der Waals surface area contributed by atoms with Gasteiger partial charge in [0.05, 0.1) is 22.8 Å². The predicted molar refractivity (Wildman–Crippen MR) is 114 cm³/mol. The zero-order valence-electron chi connectivity index (χ0n) is 16.5. The van der Waals surface area contributed by atoms with Crippen LogP contribution in [0.1, 0.15) is 40.4 Å². The summed E-state index contributed by atoms with van der Waals surface area (Å²) in [4.78, 5) is 11.7. The first-order valence-corrected chi connectivity index (χ1v) is 10.2. The van der Waals surface area contributed by atoms with Crippen LogP contribution < -0.4 is 14.2 Å². The van der Waals surface area contributed by atoms with Gasteiger partial charge in [-0.3, -0.25) is 4.79 Å². The average Bonchev–Trinajstić information content (AvgIpc) is 3.54. The van der Waals surface area contributed by atoms with Crippen molar-refractivity contribution >= 4 is 29.5 Å². The molecule has 0 saturated heterocycles. The summed E-state index contributed by atoms with van der Waals surface area (Å²) < 4.78 is 18.6. The summed E-state index contributed by atoms with van der Waals surface area (Å²) in [6.07, 6.45) is 2.84. The van der Waals surface area contributed by atoms with E-state index in [-0.39, 0.29) is 0 Å². The Morgan fingerprint density at radius 1 is 1.13 bits per heavy atom. The topological polar surface area (TPSA) is 62.6 Å². The number of hydrogen-bond donors (Lipinski definition) is 0. The molecule has 0 bridgehead atoms. The van der Waals surface area contributed by atoms with E-state index in [1.54, 1.807) is 31.0 Å². The molecule has 0 radical (unpaired) electrons. The van der Waals surface area contributed by atoms with Gasteiger partial charge in [0.25, 0.3) is 0 Å². The van der Waals surface area contributed by atoms with Crippen LogP contribution >= 0.6 is 23.2 Å². The molecule has 0 amide bonds. The van der Waals surface area contributed by atoms with E-state index in [1.807, 2.05) is 24.3 Å². The van der Waals surface area contributed by atoms with Gasteiger partial charge in [-0.05, 0) is 36.6 Å². The number of benzene rings is 2. The molecule has 0 spiro atoms. The summed E-state index contributed by atoms with van der Waals surface area (Å²) in [6, 6.07) is 10.7. The second-order valence-corrected chi connectivity index (χ2v) is 7.89. The number of hydrogen-bond acceptors (Lipinski definition) is 5. The lowest BCUT2D eigenvalue weighted by Gasteiger charge is -2.13. The Morgan fingerprint density at radius 3 is 2.47 bits per heavy atom. The van der Waals surface area contributed by atoms with Crippen LogP contribution in [0, 0.1) is 0 Å². The van der Waals surface area contributed by atoms with Crippen molar-refractivity contribution < 1.29 is 19.0 Å². The van der Waals surface area contributed by atoms with Gasteiger partial charge in [-0.1, -0.05) is 35.3 Å². The molecule has 156 valence electrons. The van der Waals surface area contributed by atoms with Crippen molar-refractivity contribution in [1.82, 2.24) is 9.78 Å². The molecule has 0 N–H and O–H groups in total. The van der Waals surface area contributed by atoms with Crippen molar-refractivity contribution in [2.75, 3.05) is 7.11 Å². The Morgan fingerprint density at radius 2 is 1.83 bits per heavy atom. The van der Waals surface area contributed by atoms with Crippen LogP contribution in [0.5, 0.6) is 23.1 Å². The maximum atomic E-state index is 11.7. The summed E-state index contributed by atoms with van der Waals surface area (Å²) in [6.45, 7) is 0.307. The zero-order valence-corrected chi connectivity index (χ0v) is 18.0. The highest BCUT2D eigenvalue weighted by molar-refractivity contribution is 6.36. The second kappa shape index (κ2) is 8.58. The maximum absolute atomic E-state index is 11.7. The number of aryl methyl sites for hydroxylation is 1. The quantitative estimate of drug-likeness (QED) is 0.409. The monoisotopic (exact) mass is 446 g/mol. The van der Waals surface area contributed by atoms with Crippen LogP contribution in [0.4, 0.5) is 0 Å². The summed E-state index contributed by atoms with van der Waals surface area (Å²) in [5.74, 6) is 2.19. The molecule has 1 aliphatic rings. The Hall–Kier alpha value is -2.70. The third kappa shape index (κ3) is 4.25. The van der Waals surface area contributed by atoms with E-state index in [0.717, 1.165) is 36.1 Å². The van der Waals surface area contributed by atoms with Crippen LogP contribution in [-0.4, -0.2) is 23.2 Å². The van der Waals surface area contributed by atoms with Gasteiger partial charge in [-0.2, -0.15) is 5.10 Å². The van der Waals surface area contributed by atoms with Gasteiger partial charge < -0.3 is 14.2 Å². The van der Waals surface area contributed by atoms with Crippen molar-refractivity contribution in [3.63, 3.8) is 0 Å². The molecule has 1 aliphatic carbocycles. The second-order valence-electron chi connectivity index (χ2n) is 7.07. The smallest absolute Gasteiger partial charge is 0.228 e. The van der Waals surface area contributed by atoms with Gasteiger partial charge in [0, 0.05) is 19.0 Å². The molecule has 0 atom stereocenters. The highest BCUT2D eigenvalue weighted by Gasteiger charge is 2.32. The van der Waals surface area contributed by atoms with Crippen LogP contribution in [0.25, 0.3) is 0 Å². The predicted octanol–water partition coefficient (Wildman–Crippen LogP) is 5.80. The van der Waals surface area contributed by atoms with Crippen LogP contribution in [0.2, 0.25) is 10.0 Å². The number of aldehydes is 1. The fourth-order valence-electron chi connectivity index (χ4n) is 3.12. The Bertz CT molecular complexity index is 1080. The summed E-state index contributed by atoms with van der Waals surface area (Å²) in [5, 5.41) is 5.12. The van der Waals surface area contributed by atoms with Crippen molar-refractivity contribution in [3.8, 4) is 23.1 Å². The van der Waals surface area contributed by atoms with Crippen LogP contribution in [0.3, 0.4) is 0 Å². The molecule has 8 heteroatoms. The first kappa shape index (κ1) is 20.6. The number of carbonyl (C=O) groups excluding carboxylic acids is 1. The minimum Gasteiger partial charge on any atom is -0.497 e. The molecule has 0 aliphatic heterocycles. The van der Waals surface area contributed by atoms with Crippen molar-refractivity contribution in [2.24, 2.45) is 7.05 Å². The van der Waals surface area contributed by atoms with Gasteiger partial charge in [0.15, 0.2) is 12.0 Å². The van der Waals surface area contributed by atoms with Gasteiger partial charge in [-0.25, -0.2) is 4.68 Å². The molecule has 30 heavy (non-hydrogen) atoms. The largest absolute Gasteiger partial charge is 0.497 e. The molecule has 4 rings (SSSR count). The molecule has 1 heterocycles. The normalized spacial score (nSPS) is 13.2. The molecular formula is C22H20Cl2N2O4. The number of halogens is 2. The fourth-order valence-corrected chi connectivity index (χ4v) is 3.60. The van der Waals surface area contributed by atoms with Crippen molar-refractivity contribution in [2.45, 2.75) is 25.4 Å². The first-order valence-electron chi connectivity index (χ1n) is 9.44. The van der Waals surface area contributed by atoms with Gasteiger partial charge in [-0.15, -0.1) is 0 Å². The zero-order chi connectivity index (χ0) is 21.3. The van der Waals surface area contributed by atoms with E-state index in [2.05, 4.69) is 5.10 Å². The van der Waals surface area contributed by atoms with E-state index in [1.165, 1.54) is 0 Å². The maximum Gasteiger partial charge on any atom is 0.228 e. The lowest BCUT2D eigenvalue weighted by Crippen LogP contribution is -1.99. The van der Waals surface area contributed by atoms with Crippen LogP contribution in [-0.2, 0) is 13.7 Å². The summed E-state index contributed by atoms with van der Waals surface area (Å²) in [5.41, 5.74) is 2.17. The molecule has 6 nitrogen and oxygen atoms in total. The van der Waals surface area contributed by atoms with Gasteiger partial charge in [0.2, 0.25) is 5.88 Å². The molecular weight excluding hydrogens is 427 g/mol. The Labute approximate surface area is 184 Å². The lowest BCUT2D eigenvalue weighted by molar-refractivity contribution is 0.112. The van der Waals surface area contributed by atoms with E-state index >= 15 is 0 Å². The van der Waals surface area contributed by atoms with Gasteiger partial charge >= 0.3 is 0 Å². The van der Waals surface area contributed by atoms with E-state index in [9.17, 15) is 4.79 Å². The summed E-state index contributed by atoms with van der Waals surface area (Å²) in [7, 11) is 3.35. The van der Waals surface area contributed by atoms with Crippen molar-refractivity contribution in [1.29, 1.82) is 0 Å². The molecule has 0 unspecified atom stereocenters. The van der Waals surface area contributed by atoms with Gasteiger partial charge in [0.1, 0.15) is 23.7 Å². The molecule has 1 saturated carbocycles. The first-order chi connectivity index (χ1) is 14.5. The summed E-state index contributed by atoms with van der Waals surface area (Å²) >= 11 is 12.6. The number of carbonyl (C=O) groups is 1. The molecule has 2 aromatic carbocycles. The highest BCUT2D eigenvalue weighted by Crippen LogP contribution is 2.44. The SMILES string of the molecule is COc1ccc(COc2cc(Oc3c(C=O)c(C4CC4)nn3C)c(Cl)cc2Cl)cc1. The molecule has 3 aromatic rings. The highest BCUT2D eigenvalue weighted by atomic mass is 35.5.